The molecule has 3 fully saturated rings. The van der Waals surface area contributed by atoms with Crippen molar-refractivity contribution in [3.05, 3.63) is 89.8 Å². The molecule has 0 spiro atoms. The number of benzene rings is 2. The second-order valence-corrected chi connectivity index (χ2v) is 21.8. The fraction of sp³-hybridized carbons (Fsp3) is 0.544. The Hall–Kier alpha value is -4.15. The molecule has 20 heteroatoms. The molecule has 0 saturated carbocycles. The van der Waals surface area contributed by atoms with E-state index in [-0.39, 0.29) is 111 Å². The van der Waals surface area contributed by atoms with Crippen LogP contribution < -0.4 is 10.7 Å². The van der Waals surface area contributed by atoms with Crippen molar-refractivity contribution < 1.29 is 33.4 Å². The van der Waals surface area contributed by atoms with Crippen LogP contribution in [0.2, 0.25) is 0 Å². The van der Waals surface area contributed by atoms with Gasteiger partial charge in [0.15, 0.2) is 0 Å². The summed E-state index contributed by atoms with van der Waals surface area (Å²) >= 11 is 0. The van der Waals surface area contributed by atoms with E-state index in [9.17, 15) is 24.0 Å². The number of hydrazine groups is 1. The third-order valence-electron chi connectivity index (χ3n) is 15.6. The summed E-state index contributed by atoms with van der Waals surface area (Å²) in [4.78, 5) is 80.5. The van der Waals surface area contributed by atoms with Crippen molar-refractivity contribution >= 4 is 108 Å². The summed E-state index contributed by atoms with van der Waals surface area (Å²) in [5, 5.41) is 5.63. The number of rotatable bonds is 11. The Labute approximate surface area is 491 Å². The first-order valence-corrected chi connectivity index (χ1v) is 26.1. The molecule has 426 valence electrons. The second kappa shape index (κ2) is 28.8. The molecule has 8 rings (SSSR count). The fourth-order valence-corrected chi connectivity index (χ4v) is 11.5. The number of likely N-dealkylation sites (tertiary alicyclic amines) is 2. The first kappa shape index (κ1) is 67.1. The average molecular weight is 1160 g/mol. The number of carbonyl (C=O) groups is 5. The summed E-state index contributed by atoms with van der Waals surface area (Å²) in [6.45, 7) is 19.8. The molecule has 4 amide bonds. The van der Waals surface area contributed by atoms with Crippen LogP contribution in [0.1, 0.15) is 108 Å². The van der Waals surface area contributed by atoms with Crippen LogP contribution in [0.5, 0.6) is 0 Å². The molecule has 77 heavy (non-hydrogen) atoms. The number of fused-ring (bicyclic) bond motifs is 6. The molecule has 2 aromatic carbocycles. The van der Waals surface area contributed by atoms with Crippen LogP contribution in [0.4, 0.5) is 0 Å². The van der Waals surface area contributed by atoms with E-state index >= 15 is 0 Å². The van der Waals surface area contributed by atoms with Crippen LogP contribution in [0.25, 0.3) is 33.3 Å². The summed E-state index contributed by atoms with van der Waals surface area (Å²) in [6, 6.07) is 14.3. The van der Waals surface area contributed by atoms with E-state index in [1.165, 1.54) is 21.5 Å². The molecule has 4 aliphatic rings. The Bertz CT molecular complexity index is 2710. The van der Waals surface area contributed by atoms with E-state index in [2.05, 4.69) is 104 Å². The number of nitrogens with zero attached hydrogens (tertiary/aromatic N) is 6. The topological polar surface area (TPSA) is 159 Å². The number of esters is 1. The van der Waals surface area contributed by atoms with Gasteiger partial charge in [0.05, 0.1) is 30.0 Å². The number of methoxy groups -OCH3 is 1. The standard InChI is InChI=1S/C57H76N8O7.5H2S/c1-11-49(66)63-26-22-41(33-63)54(68)62(9)51(35(3)4)53(67)59-47-28-37-15-13-16-39(27-37)40-18-19-48-43(29-40)45(31-57(6,7)34-72-56(70)46-17-14-23-65(60-46)55(47)69)52(64(48)12-2)44-30-42(32-58-50(44)36(5)71-10)38-20-24-61(8)25-21-38;;;;;/h11,13,15-16,18-19,27,29-30,32,35-36,38,41,46-47,51,60H,1,12,14,17,20-26,28,31,33-34H2,2-10H3,(H,59,67);5*1H2/t36-,41-,46-,47-,51-;;;;;/m0...../s1. The van der Waals surface area contributed by atoms with E-state index in [1.807, 2.05) is 26.0 Å². The maximum Gasteiger partial charge on any atom is 0.324 e. The Morgan fingerprint density at radius 2 is 1.66 bits per heavy atom. The Morgan fingerprint density at radius 1 is 0.961 bits per heavy atom. The minimum atomic E-state index is -1.05. The maximum absolute atomic E-state index is 14.8. The lowest BCUT2D eigenvalue weighted by Gasteiger charge is -2.37. The number of ether oxygens (including phenoxy) is 2. The van der Waals surface area contributed by atoms with Gasteiger partial charge in [-0.05, 0) is 136 Å². The van der Waals surface area contributed by atoms with Crippen molar-refractivity contribution in [1.29, 1.82) is 0 Å². The summed E-state index contributed by atoms with van der Waals surface area (Å²) in [7, 11) is 5.53. The number of hydrogen-bond acceptors (Lipinski definition) is 10. The monoisotopic (exact) mass is 1150 g/mol. The van der Waals surface area contributed by atoms with Crippen molar-refractivity contribution in [2.24, 2.45) is 17.3 Å². The predicted molar refractivity (Wildman–Crippen MR) is 331 cm³/mol. The van der Waals surface area contributed by atoms with Crippen LogP contribution in [-0.2, 0) is 52.8 Å². The van der Waals surface area contributed by atoms with Crippen molar-refractivity contribution in [3.63, 3.8) is 0 Å². The van der Waals surface area contributed by atoms with Gasteiger partial charge in [0.1, 0.15) is 18.1 Å². The first-order valence-electron chi connectivity index (χ1n) is 26.1. The molecular weight excluding hydrogens is 1070 g/mol. The van der Waals surface area contributed by atoms with Crippen LogP contribution in [0.15, 0.2) is 67.4 Å². The molecule has 0 aliphatic carbocycles. The predicted octanol–water partition coefficient (Wildman–Crippen LogP) is 7.64. The van der Waals surface area contributed by atoms with E-state index in [0.717, 1.165) is 76.0 Å². The number of carbonyl (C=O) groups excluding carboxylic acids is 5. The number of hydrogen-bond donors (Lipinski definition) is 2. The zero-order chi connectivity index (χ0) is 51.6. The molecule has 5 atom stereocenters. The highest BCUT2D eigenvalue weighted by molar-refractivity contribution is 7.60. The van der Waals surface area contributed by atoms with Crippen LogP contribution in [0.3, 0.4) is 0 Å². The average Bonchev–Trinajstić information content (AvgIpc) is 3.99. The highest BCUT2D eigenvalue weighted by Crippen LogP contribution is 2.43. The molecule has 4 aromatic rings. The van der Waals surface area contributed by atoms with Gasteiger partial charge in [0.25, 0.3) is 5.91 Å². The second-order valence-electron chi connectivity index (χ2n) is 21.8. The molecule has 15 nitrogen and oxygen atoms in total. The number of aryl methyl sites for hydroxylation is 1. The molecule has 0 unspecified atom stereocenters. The third kappa shape index (κ3) is 14.8. The minimum Gasteiger partial charge on any atom is -0.464 e. The van der Waals surface area contributed by atoms with Crippen LogP contribution in [-0.4, -0.2) is 138 Å². The zero-order valence-corrected chi connectivity index (χ0v) is 51.5. The number of likely N-dealkylation sites (N-methyl/N-ethyl adjacent to an activating group) is 1. The largest absolute Gasteiger partial charge is 0.464 e. The zero-order valence-electron chi connectivity index (χ0n) is 46.5. The van der Waals surface area contributed by atoms with Gasteiger partial charge < -0.3 is 34.1 Å². The van der Waals surface area contributed by atoms with E-state index < -0.39 is 47.2 Å². The Kier molecular flexibility index (Phi) is 25.1. The Balaban J connectivity index is 0.00000312. The van der Waals surface area contributed by atoms with Gasteiger partial charge in [-0.2, -0.15) is 67.5 Å². The quantitative estimate of drug-likeness (QED) is 0.113. The van der Waals surface area contributed by atoms with Gasteiger partial charge in [-0.3, -0.25) is 34.0 Å². The molecular formula is C57H86N8O7S5. The highest BCUT2D eigenvalue weighted by Gasteiger charge is 2.40. The molecule has 0 radical (unpaired) electrons. The highest BCUT2D eigenvalue weighted by atomic mass is 32.1. The maximum atomic E-state index is 14.8. The van der Waals surface area contributed by atoms with Crippen LogP contribution >= 0.6 is 67.5 Å². The molecule has 3 saturated heterocycles. The van der Waals surface area contributed by atoms with Gasteiger partial charge in [0, 0.05) is 74.8 Å². The summed E-state index contributed by atoms with van der Waals surface area (Å²) < 4.78 is 14.6. The normalized spacial score (nSPS) is 20.6. The summed E-state index contributed by atoms with van der Waals surface area (Å²) in [5.41, 5.74) is 11.9. The number of cyclic esters (lactones) is 1. The van der Waals surface area contributed by atoms with Crippen molar-refractivity contribution in [1.82, 2.24) is 40.0 Å². The molecule has 2 aromatic heterocycles. The van der Waals surface area contributed by atoms with Crippen LogP contribution in [0, 0.1) is 17.3 Å². The van der Waals surface area contributed by atoms with Gasteiger partial charge in [0.2, 0.25) is 17.7 Å². The third-order valence-corrected chi connectivity index (χ3v) is 15.6. The minimum absolute atomic E-state index is 0. The lowest BCUT2D eigenvalue weighted by atomic mass is 9.83. The number of piperidine rings is 1. The molecule has 6 heterocycles. The van der Waals surface area contributed by atoms with Crippen molar-refractivity contribution in [2.75, 3.05) is 60.5 Å². The van der Waals surface area contributed by atoms with E-state index in [4.69, 9.17) is 14.5 Å². The lowest BCUT2D eigenvalue weighted by molar-refractivity contribution is -0.155. The van der Waals surface area contributed by atoms with Gasteiger partial charge in [-0.25, -0.2) is 5.43 Å². The lowest BCUT2D eigenvalue weighted by Crippen LogP contribution is -2.62. The SMILES string of the molecule is C=CC(=O)N1CC[C@H](C(=O)N(C)[C@H](C(=O)N[C@H]2Cc3cccc(c3)-c3ccc4c(c3)c(c(-c3cc(C5CCN(C)CC5)cnc3[C@H](C)OC)n4CC)CC(C)(C)COC(=O)[C@@H]3CCCN(N3)C2=O)C(C)C)C1.S.S.S.S.S. The fourth-order valence-electron chi connectivity index (χ4n) is 11.5. The number of pyridine rings is 1. The molecule has 2 N–H and O–H groups in total. The van der Waals surface area contributed by atoms with Gasteiger partial charge >= 0.3 is 5.97 Å². The number of aromatic nitrogens is 2. The molecule has 4 aliphatic heterocycles. The number of nitrogens with one attached hydrogen (secondary N) is 2. The first-order chi connectivity index (χ1) is 34.4. The number of amides is 4. The summed E-state index contributed by atoms with van der Waals surface area (Å²) in [5.74, 6) is -2.16. The van der Waals surface area contributed by atoms with E-state index in [1.54, 1.807) is 19.1 Å². The van der Waals surface area contributed by atoms with Crippen molar-refractivity contribution in [2.45, 2.75) is 123 Å². The van der Waals surface area contributed by atoms with Gasteiger partial charge in [-0.1, -0.05) is 64.6 Å². The van der Waals surface area contributed by atoms with Crippen molar-refractivity contribution in [3.8, 4) is 22.4 Å². The Morgan fingerprint density at radius 3 is 2.32 bits per heavy atom. The smallest absolute Gasteiger partial charge is 0.324 e. The van der Waals surface area contributed by atoms with E-state index in [0.29, 0.717) is 51.2 Å². The van der Waals surface area contributed by atoms with Gasteiger partial charge in [-0.15, -0.1) is 0 Å². The summed E-state index contributed by atoms with van der Waals surface area (Å²) in [6.07, 6.45) is 7.40. The molecule has 6 bridgehead atoms.